The van der Waals surface area contributed by atoms with Crippen molar-refractivity contribution in [2.75, 3.05) is 0 Å². The van der Waals surface area contributed by atoms with Gasteiger partial charge in [0.25, 0.3) is 0 Å². The van der Waals surface area contributed by atoms with Crippen LogP contribution in [-0.2, 0) is 4.79 Å². The van der Waals surface area contributed by atoms with Crippen LogP contribution in [0.1, 0.15) is 105 Å². The van der Waals surface area contributed by atoms with Gasteiger partial charge < -0.3 is 5.11 Å². The smallest absolute Gasteiger partial charge is 0.133 e. The Morgan fingerprint density at radius 3 is 2.60 bits per heavy atom. The first kappa shape index (κ1) is 22.6. The molecular formula is C28H46O2. The molecule has 0 spiro atoms. The number of aliphatic hydroxyl groups excluding tert-OH is 1. The van der Waals surface area contributed by atoms with E-state index in [2.05, 4.69) is 33.8 Å². The van der Waals surface area contributed by atoms with Crippen molar-refractivity contribution in [2.45, 2.75) is 111 Å². The molecule has 8 atom stereocenters. The third kappa shape index (κ3) is 3.74. The normalized spacial score (nSPS) is 44.1. The van der Waals surface area contributed by atoms with Crippen LogP contribution in [0.2, 0.25) is 0 Å². The monoisotopic (exact) mass is 414 g/mol. The van der Waals surface area contributed by atoms with Gasteiger partial charge in [0, 0.05) is 5.92 Å². The highest BCUT2D eigenvalue weighted by atomic mass is 16.3. The molecule has 2 heteroatoms. The Bertz CT molecular complexity index is 678. The summed E-state index contributed by atoms with van der Waals surface area (Å²) < 4.78 is 0. The second-order valence-electron chi connectivity index (χ2n) is 12.4. The minimum Gasteiger partial charge on any atom is -0.393 e. The van der Waals surface area contributed by atoms with Crippen molar-refractivity contribution < 1.29 is 9.90 Å². The van der Waals surface area contributed by atoms with Gasteiger partial charge in [0.1, 0.15) is 5.78 Å². The van der Waals surface area contributed by atoms with Crippen molar-refractivity contribution in [1.82, 2.24) is 0 Å². The largest absolute Gasteiger partial charge is 0.393 e. The summed E-state index contributed by atoms with van der Waals surface area (Å²) in [4.78, 5) is 12.0. The van der Waals surface area contributed by atoms with Crippen molar-refractivity contribution in [3.05, 3.63) is 11.6 Å². The molecule has 1 N–H and O–H groups in total. The molecule has 0 aromatic carbocycles. The molecule has 0 radical (unpaired) electrons. The Hall–Kier alpha value is -0.630. The molecule has 0 aliphatic heterocycles. The van der Waals surface area contributed by atoms with Gasteiger partial charge in [-0.2, -0.15) is 0 Å². The maximum Gasteiger partial charge on any atom is 0.133 e. The number of carbonyl (C=O) groups is 1. The van der Waals surface area contributed by atoms with Crippen molar-refractivity contribution >= 4 is 5.78 Å². The Morgan fingerprint density at radius 1 is 1.13 bits per heavy atom. The van der Waals surface area contributed by atoms with Gasteiger partial charge in [0.2, 0.25) is 0 Å². The first-order valence-corrected chi connectivity index (χ1v) is 13.0. The number of hydrogen-bond acceptors (Lipinski definition) is 2. The number of aliphatic hydroxyl groups is 1. The molecule has 0 bridgehead atoms. The van der Waals surface area contributed by atoms with Crippen molar-refractivity contribution in [2.24, 2.45) is 46.3 Å². The predicted molar refractivity (Wildman–Crippen MR) is 124 cm³/mol. The van der Waals surface area contributed by atoms with E-state index in [-0.39, 0.29) is 12.0 Å². The average molecular weight is 415 g/mol. The Kier molecular flexibility index (Phi) is 6.30. The topological polar surface area (TPSA) is 37.3 Å². The maximum absolute atomic E-state index is 12.0. The standard InChI is InChI=1S/C28H46O2/c1-18(2)23(19(3)29)8-6-7-20-10-12-25-24-11-9-21-17-22(30)13-15-28(21,5)26(24)14-16-27(20,25)4/h9,18,20,22-26,30H,6-8,10-17H2,1-5H3. The minimum atomic E-state index is -0.102. The van der Waals surface area contributed by atoms with Crippen molar-refractivity contribution in [3.8, 4) is 0 Å². The summed E-state index contributed by atoms with van der Waals surface area (Å²) in [6.07, 6.45) is 16.1. The van der Waals surface area contributed by atoms with Gasteiger partial charge in [-0.15, -0.1) is 0 Å². The van der Waals surface area contributed by atoms with E-state index < -0.39 is 0 Å². The highest BCUT2D eigenvalue weighted by molar-refractivity contribution is 5.78. The van der Waals surface area contributed by atoms with Gasteiger partial charge in [-0.3, -0.25) is 4.79 Å². The lowest BCUT2D eigenvalue weighted by Gasteiger charge is -2.58. The molecule has 0 heterocycles. The SMILES string of the molecule is CC(=O)C(CCCC1CCC2C3CC=C4CC(O)CCC4(C)C3CCC12C)C(C)C. The summed E-state index contributed by atoms with van der Waals surface area (Å²) in [7, 11) is 0. The summed E-state index contributed by atoms with van der Waals surface area (Å²) in [5, 5.41) is 10.2. The van der Waals surface area contributed by atoms with Crippen LogP contribution in [0.3, 0.4) is 0 Å². The molecule has 3 saturated carbocycles. The predicted octanol–water partition coefficient (Wildman–Crippen LogP) is 6.96. The quantitative estimate of drug-likeness (QED) is 0.477. The van der Waals surface area contributed by atoms with Crippen LogP contribution in [0.25, 0.3) is 0 Å². The lowest BCUT2D eigenvalue weighted by molar-refractivity contribution is -0.122. The van der Waals surface area contributed by atoms with E-state index in [9.17, 15) is 9.90 Å². The molecule has 4 aliphatic rings. The summed E-state index contributed by atoms with van der Waals surface area (Å²) in [6, 6.07) is 0. The minimum absolute atomic E-state index is 0.102. The van der Waals surface area contributed by atoms with E-state index in [1.54, 1.807) is 12.5 Å². The molecule has 0 aromatic rings. The molecule has 30 heavy (non-hydrogen) atoms. The molecule has 4 rings (SSSR count). The number of carbonyl (C=O) groups excluding carboxylic acids is 1. The Morgan fingerprint density at radius 2 is 1.90 bits per heavy atom. The lowest BCUT2D eigenvalue weighted by atomic mass is 9.47. The van der Waals surface area contributed by atoms with Gasteiger partial charge in [-0.05, 0) is 112 Å². The van der Waals surface area contributed by atoms with Gasteiger partial charge in [0.15, 0.2) is 0 Å². The summed E-state index contributed by atoms with van der Waals surface area (Å²) >= 11 is 0. The van der Waals surface area contributed by atoms with Gasteiger partial charge in [-0.1, -0.05) is 45.8 Å². The fourth-order valence-corrected chi connectivity index (χ4v) is 8.81. The second kappa shape index (κ2) is 8.38. The summed E-state index contributed by atoms with van der Waals surface area (Å²) in [6.45, 7) is 11.4. The zero-order valence-electron chi connectivity index (χ0n) is 20.3. The number of rotatable bonds is 6. The number of Topliss-reactive ketones (excluding diaryl/α,β-unsaturated/α-hetero) is 1. The first-order chi connectivity index (χ1) is 14.2. The van der Waals surface area contributed by atoms with E-state index in [0.29, 0.717) is 22.5 Å². The highest BCUT2D eigenvalue weighted by Gasteiger charge is 2.58. The molecule has 0 amide bonds. The molecule has 0 saturated heterocycles. The van der Waals surface area contributed by atoms with Gasteiger partial charge in [-0.25, -0.2) is 0 Å². The van der Waals surface area contributed by atoms with Gasteiger partial charge in [0.05, 0.1) is 6.10 Å². The zero-order chi connectivity index (χ0) is 21.7. The molecule has 170 valence electrons. The second-order valence-corrected chi connectivity index (χ2v) is 12.4. The van der Waals surface area contributed by atoms with Crippen LogP contribution in [-0.4, -0.2) is 17.0 Å². The van der Waals surface area contributed by atoms with Crippen LogP contribution >= 0.6 is 0 Å². The van der Waals surface area contributed by atoms with Crippen LogP contribution < -0.4 is 0 Å². The van der Waals surface area contributed by atoms with Crippen LogP contribution in [0.5, 0.6) is 0 Å². The van der Waals surface area contributed by atoms with E-state index in [0.717, 1.165) is 42.9 Å². The van der Waals surface area contributed by atoms with Crippen LogP contribution in [0.4, 0.5) is 0 Å². The number of hydrogen-bond donors (Lipinski definition) is 1. The molecule has 2 nitrogen and oxygen atoms in total. The summed E-state index contributed by atoms with van der Waals surface area (Å²) in [5.74, 6) is 4.56. The third-order valence-corrected chi connectivity index (χ3v) is 10.7. The average Bonchev–Trinajstić information content (AvgIpc) is 3.01. The number of ketones is 1. The number of allylic oxidation sites excluding steroid dienone is 1. The molecule has 0 aromatic heterocycles. The number of fused-ring (bicyclic) bond motifs is 5. The summed E-state index contributed by atoms with van der Waals surface area (Å²) in [5.41, 5.74) is 2.46. The Balaban J connectivity index is 1.43. The zero-order valence-corrected chi connectivity index (χ0v) is 20.3. The van der Waals surface area contributed by atoms with Crippen LogP contribution in [0, 0.1) is 46.3 Å². The third-order valence-electron chi connectivity index (χ3n) is 10.7. The van der Waals surface area contributed by atoms with Crippen molar-refractivity contribution in [3.63, 3.8) is 0 Å². The maximum atomic E-state index is 12.0. The molecular weight excluding hydrogens is 368 g/mol. The van der Waals surface area contributed by atoms with E-state index >= 15 is 0 Å². The fourth-order valence-electron chi connectivity index (χ4n) is 8.81. The van der Waals surface area contributed by atoms with E-state index in [1.165, 1.54) is 51.4 Å². The van der Waals surface area contributed by atoms with Gasteiger partial charge >= 0.3 is 0 Å². The van der Waals surface area contributed by atoms with E-state index in [4.69, 9.17) is 0 Å². The lowest BCUT2D eigenvalue weighted by Crippen LogP contribution is -2.50. The molecule has 8 unspecified atom stereocenters. The van der Waals surface area contributed by atoms with E-state index in [1.807, 2.05) is 0 Å². The fraction of sp³-hybridized carbons (Fsp3) is 0.893. The molecule has 3 fully saturated rings. The van der Waals surface area contributed by atoms with Crippen LogP contribution in [0.15, 0.2) is 11.6 Å². The first-order valence-electron chi connectivity index (χ1n) is 13.0. The van der Waals surface area contributed by atoms with Crippen molar-refractivity contribution in [1.29, 1.82) is 0 Å². The Labute approximate surface area is 185 Å². The highest BCUT2D eigenvalue weighted by Crippen LogP contribution is 2.66. The molecule has 4 aliphatic carbocycles.